The molecule has 20 heavy (non-hydrogen) atoms. The van der Waals surface area contributed by atoms with E-state index in [-0.39, 0.29) is 11.7 Å². The molecule has 2 N–H and O–H groups in total. The second-order valence-corrected chi connectivity index (χ2v) is 5.96. The predicted molar refractivity (Wildman–Crippen MR) is 90.0 cm³/mol. The van der Waals surface area contributed by atoms with Crippen LogP contribution in [0.15, 0.2) is 52.0 Å². The van der Waals surface area contributed by atoms with Crippen molar-refractivity contribution in [3.05, 3.63) is 61.6 Å². The topological polar surface area (TPSA) is 61.7 Å². The minimum Gasteiger partial charge on any atom is -0.507 e. The number of carbonyl (C=O) groups is 1. The molecule has 0 aromatic heterocycles. The van der Waals surface area contributed by atoms with E-state index in [9.17, 15) is 9.90 Å². The number of hydrogen-bond donors (Lipinski definition) is 2. The van der Waals surface area contributed by atoms with Gasteiger partial charge in [-0.1, -0.05) is 28.1 Å². The summed E-state index contributed by atoms with van der Waals surface area (Å²) in [6, 6.07) is 12.2. The largest absolute Gasteiger partial charge is 0.507 e. The van der Waals surface area contributed by atoms with Gasteiger partial charge in [-0.25, -0.2) is 5.43 Å². The highest BCUT2D eigenvalue weighted by molar-refractivity contribution is 14.1. The van der Waals surface area contributed by atoms with Crippen LogP contribution in [0.4, 0.5) is 0 Å². The van der Waals surface area contributed by atoms with Crippen LogP contribution in [0.3, 0.4) is 0 Å². The quantitative estimate of drug-likeness (QED) is 0.432. The maximum atomic E-state index is 11.9. The zero-order valence-electron chi connectivity index (χ0n) is 10.2. The summed E-state index contributed by atoms with van der Waals surface area (Å²) in [4.78, 5) is 11.9. The molecule has 0 aliphatic heterocycles. The number of phenols is 1. The number of aromatic hydroxyl groups is 1. The van der Waals surface area contributed by atoms with Gasteiger partial charge >= 0.3 is 0 Å². The van der Waals surface area contributed by atoms with Crippen LogP contribution in [0.1, 0.15) is 15.9 Å². The van der Waals surface area contributed by atoms with Gasteiger partial charge in [0.1, 0.15) is 5.75 Å². The number of hydrogen-bond acceptors (Lipinski definition) is 3. The molecule has 1 amide bonds. The number of nitrogens with zero attached hydrogens (tertiary/aromatic N) is 1. The van der Waals surface area contributed by atoms with E-state index in [1.54, 1.807) is 30.3 Å². The lowest BCUT2D eigenvalue weighted by atomic mass is 10.2. The van der Waals surface area contributed by atoms with Crippen LogP contribution in [-0.2, 0) is 0 Å². The van der Waals surface area contributed by atoms with Gasteiger partial charge in [0.25, 0.3) is 5.91 Å². The molecule has 102 valence electrons. The molecule has 0 aliphatic rings. The Hall–Kier alpha value is -1.41. The molecule has 2 rings (SSSR count). The van der Waals surface area contributed by atoms with Crippen molar-refractivity contribution < 1.29 is 9.90 Å². The number of halogens is 2. The highest BCUT2D eigenvalue weighted by atomic mass is 127. The summed E-state index contributed by atoms with van der Waals surface area (Å²) >= 11 is 5.39. The molecule has 0 spiro atoms. The van der Waals surface area contributed by atoms with Crippen molar-refractivity contribution in [2.24, 2.45) is 5.10 Å². The molecular weight excluding hydrogens is 435 g/mol. The third kappa shape index (κ3) is 3.80. The molecule has 0 saturated carbocycles. The van der Waals surface area contributed by atoms with Crippen molar-refractivity contribution in [3.63, 3.8) is 0 Å². The summed E-state index contributed by atoms with van der Waals surface area (Å²) in [6.45, 7) is 0. The maximum Gasteiger partial charge on any atom is 0.272 e. The number of nitrogens with one attached hydrogen (secondary N) is 1. The molecule has 0 saturated heterocycles. The first-order valence-electron chi connectivity index (χ1n) is 5.64. The van der Waals surface area contributed by atoms with Crippen molar-refractivity contribution in [1.82, 2.24) is 5.43 Å². The summed E-state index contributed by atoms with van der Waals surface area (Å²) in [7, 11) is 0. The fourth-order valence-electron chi connectivity index (χ4n) is 1.49. The standard InChI is InChI=1S/C14H10BrIN2O2/c15-10-5-6-13(19)9(7-10)8-17-18-14(20)11-3-1-2-4-12(11)16/h1-8,19H,(H,18,20)/b17-8-. The van der Waals surface area contributed by atoms with Gasteiger partial charge in [-0.15, -0.1) is 0 Å². The first-order chi connectivity index (χ1) is 9.58. The molecule has 0 bridgehead atoms. The average Bonchev–Trinajstić information content (AvgIpc) is 2.43. The van der Waals surface area contributed by atoms with Gasteiger partial charge in [0, 0.05) is 13.6 Å². The lowest BCUT2D eigenvalue weighted by Crippen LogP contribution is -2.18. The molecule has 0 radical (unpaired) electrons. The zero-order valence-corrected chi connectivity index (χ0v) is 13.9. The lowest BCUT2D eigenvalue weighted by molar-refractivity contribution is 0.0954. The third-order valence-electron chi connectivity index (χ3n) is 2.48. The number of carbonyl (C=O) groups excluding carboxylic acids is 1. The highest BCUT2D eigenvalue weighted by Crippen LogP contribution is 2.20. The zero-order chi connectivity index (χ0) is 14.5. The van der Waals surface area contributed by atoms with Gasteiger partial charge in [-0.05, 0) is 52.9 Å². The van der Waals surface area contributed by atoms with E-state index in [2.05, 4.69) is 49.0 Å². The van der Waals surface area contributed by atoms with Crippen LogP contribution < -0.4 is 5.43 Å². The van der Waals surface area contributed by atoms with Crippen LogP contribution in [0.2, 0.25) is 0 Å². The van der Waals surface area contributed by atoms with Crippen molar-refractivity contribution >= 4 is 50.6 Å². The van der Waals surface area contributed by atoms with Crippen molar-refractivity contribution in [3.8, 4) is 5.75 Å². The van der Waals surface area contributed by atoms with Crippen LogP contribution in [0.5, 0.6) is 5.75 Å². The van der Waals surface area contributed by atoms with Crippen molar-refractivity contribution in [2.45, 2.75) is 0 Å². The number of hydrazone groups is 1. The number of amides is 1. The fourth-order valence-corrected chi connectivity index (χ4v) is 2.51. The highest BCUT2D eigenvalue weighted by Gasteiger charge is 2.07. The smallest absolute Gasteiger partial charge is 0.272 e. The molecule has 4 nitrogen and oxygen atoms in total. The maximum absolute atomic E-state index is 11.9. The third-order valence-corrected chi connectivity index (χ3v) is 3.91. The fraction of sp³-hybridized carbons (Fsp3) is 0. The first kappa shape index (κ1) is 15.0. The summed E-state index contributed by atoms with van der Waals surface area (Å²) in [6.07, 6.45) is 1.40. The number of rotatable bonds is 3. The molecule has 0 atom stereocenters. The Morgan fingerprint density at radius 1 is 1.30 bits per heavy atom. The molecule has 6 heteroatoms. The summed E-state index contributed by atoms with van der Waals surface area (Å²) in [5, 5.41) is 13.5. The van der Waals surface area contributed by atoms with Gasteiger partial charge in [0.05, 0.1) is 11.8 Å². The van der Waals surface area contributed by atoms with Crippen LogP contribution in [0, 0.1) is 3.57 Å². The van der Waals surface area contributed by atoms with Gasteiger partial charge in [-0.3, -0.25) is 4.79 Å². The van der Waals surface area contributed by atoms with E-state index < -0.39 is 0 Å². The molecule has 0 heterocycles. The first-order valence-corrected chi connectivity index (χ1v) is 7.51. The predicted octanol–water partition coefficient (Wildman–Crippen LogP) is 3.52. The molecule has 2 aromatic carbocycles. The minimum absolute atomic E-state index is 0.0977. The molecule has 0 unspecified atom stereocenters. The van der Waals surface area contributed by atoms with E-state index in [0.717, 1.165) is 8.04 Å². The SMILES string of the molecule is O=C(N/N=C\c1cc(Br)ccc1O)c1ccccc1I. The number of benzene rings is 2. The van der Waals surface area contributed by atoms with Crippen LogP contribution in [-0.4, -0.2) is 17.2 Å². The van der Waals surface area contributed by atoms with Crippen molar-refractivity contribution in [2.75, 3.05) is 0 Å². The monoisotopic (exact) mass is 444 g/mol. The van der Waals surface area contributed by atoms with Gasteiger partial charge in [0.2, 0.25) is 0 Å². The summed E-state index contributed by atoms with van der Waals surface area (Å²) < 4.78 is 1.67. The second kappa shape index (κ2) is 6.85. The Morgan fingerprint density at radius 3 is 2.80 bits per heavy atom. The van der Waals surface area contributed by atoms with Crippen molar-refractivity contribution in [1.29, 1.82) is 0 Å². The molecule has 0 fully saturated rings. The summed E-state index contributed by atoms with van der Waals surface area (Å²) in [5.41, 5.74) is 3.51. The van der Waals surface area contributed by atoms with E-state index in [1.165, 1.54) is 6.21 Å². The minimum atomic E-state index is -0.291. The normalized spacial score (nSPS) is 10.7. The summed E-state index contributed by atoms with van der Waals surface area (Å²) in [5.74, 6) is -0.193. The van der Waals surface area contributed by atoms with E-state index in [4.69, 9.17) is 0 Å². The Kier molecular flexibility index (Phi) is 5.13. The average molecular weight is 445 g/mol. The van der Waals surface area contributed by atoms with E-state index in [1.807, 2.05) is 12.1 Å². The van der Waals surface area contributed by atoms with Gasteiger partial charge in [-0.2, -0.15) is 5.10 Å². The molecule has 2 aromatic rings. The molecular formula is C14H10BrIN2O2. The van der Waals surface area contributed by atoms with Crippen LogP contribution in [0.25, 0.3) is 0 Å². The van der Waals surface area contributed by atoms with Crippen LogP contribution >= 0.6 is 38.5 Å². The molecule has 0 aliphatic carbocycles. The van der Waals surface area contributed by atoms with E-state index in [0.29, 0.717) is 11.1 Å². The Balaban J connectivity index is 2.09. The second-order valence-electron chi connectivity index (χ2n) is 3.88. The van der Waals surface area contributed by atoms with Gasteiger partial charge in [0.15, 0.2) is 0 Å². The number of phenolic OH excluding ortho intramolecular Hbond substituents is 1. The Morgan fingerprint density at radius 2 is 2.05 bits per heavy atom. The Labute approximate surface area is 138 Å². The Bertz CT molecular complexity index is 674. The van der Waals surface area contributed by atoms with Gasteiger partial charge < -0.3 is 5.11 Å². The van der Waals surface area contributed by atoms with E-state index >= 15 is 0 Å². The lowest BCUT2D eigenvalue weighted by Gasteiger charge is -2.02.